The van der Waals surface area contributed by atoms with E-state index in [2.05, 4.69) is 5.10 Å². The van der Waals surface area contributed by atoms with E-state index in [0.717, 1.165) is 30.4 Å². The highest BCUT2D eigenvalue weighted by Gasteiger charge is 2.47. The lowest BCUT2D eigenvalue weighted by Crippen LogP contribution is -2.00. The second-order valence-corrected chi connectivity index (χ2v) is 6.70. The molecule has 3 nitrogen and oxygen atoms in total. The molecular formula is C16H17ClFN3. The van der Waals surface area contributed by atoms with E-state index in [9.17, 15) is 4.39 Å². The third-order valence-electron chi connectivity index (χ3n) is 4.96. The minimum atomic E-state index is -0.341. The Labute approximate surface area is 127 Å². The van der Waals surface area contributed by atoms with Gasteiger partial charge in [-0.25, -0.2) is 4.39 Å². The lowest BCUT2D eigenvalue weighted by atomic mass is 9.93. The monoisotopic (exact) mass is 305 g/mol. The van der Waals surface area contributed by atoms with Gasteiger partial charge < -0.3 is 5.73 Å². The average molecular weight is 306 g/mol. The number of benzene rings is 1. The number of anilines is 1. The van der Waals surface area contributed by atoms with Crippen molar-refractivity contribution in [3.8, 4) is 11.1 Å². The molecule has 2 aliphatic carbocycles. The molecule has 2 aliphatic rings. The number of nitrogens with two attached hydrogens (primary N) is 1. The SMILES string of the molecule is Cn1nc(C2CC3CC3C2)c(-c2c(F)cccc2Cl)c1N. The minimum Gasteiger partial charge on any atom is -0.383 e. The number of halogens is 2. The number of nitrogen functional groups attached to an aromatic ring is 1. The predicted molar refractivity (Wildman–Crippen MR) is 81.6 cm³/mol. The van der Waals surface area contributed by atoms with Crippen molar-refractivity contribution in [1.82, 2.24) is 9.78 Å². The van der Waals surface area contributed by atoms with Gasteiger partial charge >= 0.3 is 0 Å². The van der Waals surface area contributed by atoms with Crippen LogP contribution in [0.5, 0.6) is 0 Å². The molecule has 0 amide bonds. The van der Waals surface area contributed by atoms with Gasteiger partial charge in [0.1, 0.15) is 11.6 Å². The summed E-state index contributed by atoms with van der Waals surface area (Å²) in [5.41, 5.74) is 8.15. The van der Waals surface area contributed by atoms with Crippen molar-refractivity contribution in [2.75, 3.05) is 5.73 Å². The van der Waals surface area contributed by atoms with E-state index in [4.69, 9.17) is 17.3 Å². The Bertz CT molecular complexity index is 694. The Kier molecular flexibility index (Phi) is 2.80. The molecule has 1 heterocycles. The minimum absolute atomic E-state index is 0.341. The van der Waals surface area contributed by atoms with Gasteiger partial charge in [-0.3, -0.25) is 4.68 Å². The Hall–Kier alpha value is -1.55. The van der Waals surface area contributed by atoms with E-state index >= 15 is 0 Å². The standard InChI is InChI=1S/C16H17ClFN3/c1-21-16(19)14(13-11(17)3-2-4-12(13)18)15(20-21)10-6-8-5-9(8)7-10/h2-4,8-10H,5-7,19H2,1H3. The molecule has 2 saturated carbocycles. The first-order valence-electron chi connectivity index (χ1n) is 7.33. The smallest absolute Gasteiger partial charge is 0.132 e. The molecule has 2 atom stereocenters. The Morgan fingerprint density at radius 3 is 2.62 bits per heavy atom. The van der Waals surface area contributed by atoms with Gasteiger partial charge in [0.15, 0.2) is 0 Å². The second-order valence-electron chi connectivity index (χ2n) is 6.29. The van der Waals surface area contributed by atoms with E-state index in [1.165, 1.54) is 12.5 Å². The lowest BCUT2D eigenvalue weighted by molar-refractivity contribution is 0.593. The van der Waals surface area contributed by atoms with Gasteiger partial charge in [0.25, 0.3) is 0 Å². The first-order chi connectivity index (χ1) is 10.1. The molecule has 0 saturated heterocycles. The lowest BCUT2D eigenvalue weighted by Gasteiger charge is -2.13. The van der Waals surface area contributed by atoms with Crippen LogP contribution < -0.4 is 5.73 Å². The topological polar surface area (TPSA) is 43.8 Å². The first-order valence-corrected chi connectivity index (χ1v) is 7.70. The maximum absolute atomic E-state index is 14.3. The Balaban J connectivity index is 1.87. The fourth-order valence-electron chi connectivity index (χ4n) is 3.78. The van der Waals surface area contributed by atoms with Crippen LogP contribution in [-0.4, -0.2) is 9.78 Å². The summed E-state index contributed by atoms with van der Waals surface area (Å²) in [5.74, 6) is 2.19. The number of hydrogen-bond acceptors (Lipinski definition) is 2. The molecule has 0 bridgehead atoms. The van der Waals surface area contributed by atoms with Crippen LogP contribution in [0, 0.1) is 17.7 Å². The summed E-state index contributed by atoms with van der Waals surface area (Å²) in [6.07, 6.45) is 3.62. The number of aryl methyl sites for hydroxylation is 1. The van der Waals surface area contributed by atoms with Crippen molar-refractivity contribution in [3.63, 3.8) is 0 Å². The Morgan fingerprint density at radius 2 is 1.95 bits per heavy atom. The van der Waals surface area contributed by atoms with E-state index in [-0.39, 0.29) is 5.82 Å². The average Bonchev–Trinajstić information content (AvgIpc) is 2.94. The molecule has 2 fully saturated rings. The fourth-order valence-corrected chi connectivity index (χ4v) is 4.03. The molecule has 5 heteroatoms. The highest BCUT2D eigenvalue weighted by molar-refractivity contribution is 6.33. The van der Waals surface area contributed by atoms with E-state index < -0.39 is 0 Å². The van der Waals surface area contributed by atoms with Gasteiger partial charge in [-0.05, 0) is 43.2 Å². The maximum atomic E-state index is 14.3. The fraction of sp³-hybridized carbons (Fsp3) is 0.438. The highest BCUT2D eigenvalue weighted by atomic mass is 35.5. The first kappa shape index (κ1) is 13.1. The second kappa shape index (κ2) is 4.47. The van der Waals surface area contributed by atoms with Crippen molar-refractivity contribution in [2.24, 2.45) is 18.9 Å². The normalized spacial score (nSPS) is 26.9. The van der Waals surface area contributed by atoms with Crippen LogP contribution in [0.15, 0.2) is 18.2 Å². The third-order valence-corrected chi connectivity index (χ3v) is 5.28. The molecule has 0 radical (unpaired) electrons. The van der Waals surface area contributed by atoms with Gasteiger partial charge in [0.2, 0.25) is 0 Å². The van der Waals surface area contributed by atoms with E-state index in [1.807, 2.05) is 0 Å². The van der Waals surface area contributed by atoms with Crippen molar-refractivity contribution >= 4 is 17.4 Å². The molecule has 2 N–H and O–H groups in total. The summed E-state index contributed by atoms with van der Waals surface area (Å²) in [7, 11) is 1.80. The Morgan fingerprint density at radius 1 is 1.24 bits per heavy atom. The number of hydrogen-bond donors (Lipinski definition) is 1. The third kappa shape index (κ3) is 1.96. The van der Waals surface area contributed by atoms with E-state index in [0.29, 0.717) is 27.9 Å². The van der Waals surface area contributed by atoms with Crippen LogP contribution in [0.25, 0.3) is 11.1 Å². The van der Waals surface area contributed by atoms with Crippen molar-refractivity contribution in [3.05, 3.63) is 34.7 Å². The van der Waals surface area contributed by atoms with Crippen molar-refractivity contribution < 1.29 is 4.39 Å². The van der Waals surface area contributed by atoms with Crippen LogP contribution in [0.3, 0.4) is 0 Å². The zero-order chi connectivity index (χ0) is 14.7. The molecule has 4 rings (SSSR count). The number of aromatic nitrogens is 2. The quantitative estimate of drug-likeness (QED) is 0.912. The molecule has 1 aromatic carbocycles. The number of rotatable bonds is 2. The molecule has 2 unspecified atom stereocenters. The molecule has 110 valence electrons. The predicted octanol–water partition coefficient (Wildman–Crippen LogP) is 3.98. The summed E-state index contributed by atoms with van der Waals surface area (Å²) >= 11 is 6.23. The largest absolute Gasteiger partial charge is 0.383 e. The molecular weight excluding hydrogens is 289 g/mol. The van der Waals surface area contributed by atoms with Crippen LogP contribution >= 0.6 is 11.6 Å². The van der Waals surface area contributed by atoms with Gasteiger partial charge in [-0.1, -0.05) is 17.7 Å². The molecule has 0 spiro atoms. The molecule has 1 aromatic heterocycles. The number of nitrogens with zero attached hydrogens (tertiary/aromatic N) is 2. The van der Waals surface area contributed by atoms with Crippen LogP contribution in [0.4, 0.5) is 10.2 Å². The van der Waals surface area contributed by atoms with Crippen molar-refractivity contribution in [1.29, 1.82) is 0 Å². The summed E-state index contributed by atoms with van der Waals surface area (Å²) in [5, 5.41) is 4.96. The van der Waals surface area contributed by atoms with Gasteiger partial charge in [0.05, 0.1) is 16.3 Å². The maximum Gasteiger partial charge on any atom is 0.132 e. The van der Waals surface area contributed by atoms with Crippen LogP contribution in [0.1, 0.15) is 30.9 Å². The number of fused-ring (bicyclic) bond motifs is 1. The zero-order valence-corrected chi connectivity index (χ0v) is 12.6. The van der Waals surface area contributed by atoms with Gasteiger partial charge in [0, 0.05) is 18.5 Å². The summed E-state index contributed by atoms with van der Waals surface area (Å²) in [6.45, 7) is 0. The van der Waals surface area contributed by atoms with Gasteiger partial charge in [-0.15, -0.1) is 0 Å². The molecule has 21 heavy (non-hydrogen) atoms. The summed E-state index contributed by atoms with van der Waals surface area (Å²) in [4.78, 5) is 0. The van der Waals surface area contributed by atoms with Crippen molar-refractivity contribution in [2.45, 2.75) is 25.2 Å². The van der Waals surface area contributed by atoms with Gasteiger partial charge in [-0.2, -0.15) is 5.10 Å². The zero-order valence-electron chi connectivity index (χ0n) is 11.8. The molecule has 0 aliphatic heterocycles. The summed E-state index contributed by atoms with van der Waals surface area (Å²) in [6, 6.07) is 4.73. The summed E-state index contributed by atoms with van der Waals surface area (Å²) < 4.78 is 15.9. The highest BCUT2D eigenvalue weighted by Crippen LogP contribution is 2.58. The van der Waals surface area contributed by atoms with E-state index in [1.54, 1.807) is 23.9 Å². The van der Waals surface area contributed by atoms with Crippen LogP contribution in [0.2, 0.25) is 5.02 Å². The molecule has 2 aromatic rings. The van der Waals surface area contributed by atoms with Crippen LogP contribution in [-0.2, 0) is 7.05 Å².